The summed E-state index contributed by atoms with van der Waals surface area (Å²) in [5, 5.41) is 0. The van der Waals surface area contributed by atoms with E-state index in [1.165, 1.54) is 12.2 Å². The first-order valence-electron chi connectivity index (χ1n) is 4.03. The molecule has 5 heteroatoms. The highest BCUT2D eigenvalue weighted by atomic mass is 32.2. The van der Waals surface area contributed by atoms with Crippen LogP contribution in [0.2, 0.25) is 0 Å². The third kappa shape index (κ3) is 3.15. The molecule has 2 atom stereocenters. The smallest absolute Gasteiger partial charge is 0.211 e. The highest BCUT2D eigenvalue weighted by Gasteiger charge is 2.27. The average molecular weight is 198 g/mol. The molecule has 0 aromatic carbocycles. The van der Waals surface area contributed by atoms with Crippen LogP contribution in [0.5, 0.6) is 0 Å². The lowest BCUT2D eigenvalue weighted by atomic mass is 9.96. The summed E-state index contributed by atoms with van der Waals surface area (Å²) in [6, 6.07) is 0. The van der Waals surface area contributed by atoms with Crippen LogP contribution in [0.15, 0.2) is 9.98 Å². The van der Waals surface area contributed by atoms with Crippen molar-refractivity contribution < 1.29 is 9.59 Å². The quantitative estimate of drug-likeness (QED) is 0.492. The van der Waals surface area contributed by atoms with Crippen molar-refractivity contribution in [1.82, 2.24) is 0 Å². The Kier molecular flexibility index (Phi) is 4.47. The van der Waals surface area contributed by atoms with Crippen LogP contribution in [0.4, 0.5) is 0 Å². The average Bonchev–Trinajstić information content (AvgIpc) is 2.59. The van der Waals surface area contributed by atoms with Crippen LogP contribution >= 0.6 is 11.8 Å². The van der Waals surface area contributed by atoms with Crippen molar-refractivity contribution in [2.45, 2.75) is 0 Å². The lowest BCUT2D eigenvalue weighted by Gasteiger charge is -2.11. The maximum atomic E-state index is 9.90. The van der Waals surface area contributed by atoms with Crippen LogP contribution in [-0.4, -0.2) is 36.8 Å². The van der Waals surface area contributed by atoms with Gasteiger partial charge in [-0.15, -0.1) is 0 Å². The molecular weight excluding hydrogens is 188 g/mol. The molecule has 4 nitrogen and oxygen atoms in total. The minimum Gasteiger partial charge on any atom is -0.211 e. The van der Waals surface area contributed by atoms with Gasteiger partial charge in [0.15, 0.2) is 0 Å². The number of thioether (sulfide) groups is 1. The lowest BCUT2D eigenvalue weighted by Crippen LogP contribution is -2.18. The monoisotopic (exact) mass is 198 g/mol. The van der Waals surface area contributed by atoms with Crippen molar-refractivity contribution in [3.8, 4) is 0 Å². The number of isocyanates is 2. The van der Waals surface area contributed by atoms with Gasteiger partial charge in [-0.3, -0.25) is 0 Å². The van der Waals surface area contributed by atoms with E-state index in [4.69, 9.17) is 0 Å². The maximum absolute atomic E-state index is 9.90. The molecule has 1 aliphatic rings. The molecule has 0 saturated carbocycles. The van der Waals surface area contributed by atoms with E-state index in [-0.39, 0.29) is 0 Å². The van der Waals surface area contributed by atoms with Gasteiger partial charge in [0.05, 0.1) is 13.1 Å². The minimum atomic E-state index is 0.364. The Morgan fingerprint density at radius 1 is 1.08 bits per heavy atom. The molecule has 0 N–H and O–H groups in total. The molecule has 1 fully saturated rings. The molecule has 13 heavy (non-hydrogen) atoms. The Morgan fingerprint density at radius 2 is 1.54 bits per heavy atom. The fraction of sp³-hybridized carbons (Fsp3) is 0.750. The number of aliphatic imine (C=N–C) groups is 2. The molecule has 0 aromatic rings. The lowest BCUT2D eigenvalue weighted by molar-refractivity contribution is 0.436. The van der Waals surface area contributed by atoms with Gasteiger partial charge in [0.1, 0.15) is 0 Å². The highest BCUT2D eigenvalue weighted by molar-refractivity contribution is 7.99. The summed E-state index contributed by atoms with van der Waals surface area (Å²) < 4.78 is 0. The van der Waals surface area contributed by atoms with Crippen LogP contribution in [0.1, 0.15) is 0 Å². The van der Waals surface area contributed by atoms with Crippen LogP contribution in [-0.2, 0) is 9.59 Å². The van der Waals surface area contributed by atoms with Gasteiger partial charge in [0.25, 0.3) is 0 Å². The van der Waals surface area contributed by atoms with E-state index >= 15 is 0 Å². The highest BCUT2D eigenvalue weighted by Crippen LogP contribution is 2.30. The molecular formula is C8H10N2O2S. The van der Waals surface area contributed by atoms with Crippen molar-refractivity contribution >= 4 is 23.9 Å². The molecule has 1 aliphatic heterocycles. The van der Waals surface area contributed by atoms with Gasteiger partial charge in [-0.1, -0.05) is 0 Å². The number of carbonyl (C=O) groups excluding carboxylic acids is 2. The Labute approximate surface area is 80.5 Å². The molecule has 0 radical (unpaired) electrons. The SMILES string of the molecule is O=C=NCC1CSCC1CN=C=O. The first-order valence-corrected chi connectivity index (χ1v) is 5.19. The summed E-state index contributed by atoms with van der Waals surface area (Å²) >= 11 is 1.81. The molecule has 0 aromatic heterocycles. The van der Waals surface area contributed by atoms with Gasteiger partial charge in [-0.2, -0.15) is 11.8 Å². The van der Waals surface area contributed by atoms with Gasteiger partial charge in [0.2, 0.25) is 12.2 Å². The number of nitrogens with zero attached hydrogens (tertiary/aromatic N) is 2. The maximum Gasteiger partial charge on any atom is 0.234 e. The van der Waals surface area contributed by atoms with Gasteiger partial charge in [-0.25, -0.2) is 19.6 Å². The Morgan fingerprint density at radius 3 is 1.92 bits per heavy atom. The normalized spacial score (nSPS) is 26.2. The standard InChI is InChI=1S/C8H10N2O2S/c11-5-9-1-7-3-13-4-8(7)2-10-6-12/h7-8H,1-4H2. The van der Waals surface area contributed by atoms with Crippen molar-refractivity contribution in [2.24, 2.45) is 21.8 Å². The van der Waals surface area contributed by atoms with Crippen LogP contribution in [0, 0.1) is 11.8 Å². The number of hydrogen-bond acceptors (Lipinski definition) is 5. The zero-order valence-corrected chi connectivity index (χ0v) is 7.92. The minimum absolute atomic E-state index is 0.364. The summed E-state index contributed by atoms with van der Waals surface area (Å²) in [6.45, 7) is 1.02. The number of hydrogen-bond donors (Lipinski definition) is 0. The van der Waals surface area contributed by atoms with Crippen LogP contribution in [0.3, 0.4) is 0 Å². The van der Waals surface area contributed by atoms with Crippen molar-refractivity contribution in [3.63, 3.8) is 0 Å². The molecule has 0 amide bonds. The van der Waals surface area contributed by atoms with E-state index in [1.54, 1.807) is 0 Å². The van der Waals surface area contributed by atoms with Crippen molar-refractivity contribution in [3.05, 3.63) is 0 Å². The van der Waals surface area contributed by atoms with Gasteiger partial charge in [0, 0.05) is 0 Å². The zero-order valence-electron chi connectivity index (χ0n) is 7.10. The summed E-state index contributed by atoms with van der Waals surface area (Å²) in [6.07, 6.45) is 3.06. The summed E-state index contributed by atoms with van der Waals surface area (Å²) in [5.74, 6) is 2.71. The Hall–Kier alpha value is -0.890. The Balaban J connectivity index is 2.42. The zero-order chi connectivity index (χ0) is 9.52. The second kappa shape index (κ2) is 5.70. The molecule has 0 bridgehead atoms. The van der Waals surface area contributed by atoms with E-state index < -0.39 is 0 Å². The van der Waals surface area contributed by atoms with E-state index in [0.29, 0.717) is 24.9 Å². The summed E-state index contributed by atoms with van der Waals surface area (Å²) in [7, 11) is 0. The van der Waals surface area contributed by atoms with E-state index in [2.05, 4.69) is 9.98 Å². The molecule has 0 spiro atoms. The van der Waals surface area contributed by atoms with Crippen LogP contribution in [0.25, 0.3) is 0 Å². The molecule has 1 saturated heterocycles. The van der Waals surface area contributed by atoms with Gasteiger partial charge < -0.3 is 0 Å². The largest absolute Gasteiger partial charge is 0.234 e. The topological polar surface area (TPSA) is 58.9 Å². The fourth-order valence-corrected chi connectivity index (χ4v) is 2.85. The second-order valence-corrected chi connectivity index (χ2v) is 4.00. The van der Waals surface area contributed by atoms with Gasteiger partial charge in [-0.05, 0) is 23.3 Å². The Bertz CT molecular complexity index is 231. The fourth-order valence-electron chi connectivity index (χ4n) is 1.36. The summed E-state index contributed by atoms with van der Waals surface area (Å²) in [4.78, 5) is 26.9. The van der Waals surface area contributed by atoms with Gasteiger partial charge >= 0.3 is 0 Å². The van der Waals surface area contributed by atoms with Crippen molar-refractivity contribution in [2.75, 3.05) is 24.6 Å². The third-order valence-corrected chi connectivity index (χ3v) is 3.44. The first-order chi connectivity index (χ1) is 6.38. The predicted octanol–water partition coefficient (Wildman–Crippen LogP) is 0.637. The molecule has 1 heterocycles. The van der Waals surface area contributed by atoms with E-state index in [0.717, 1.165) is 11.5 Å². The summed E-state index contributed by atoms with van der Waals surface area (Å²) in [5.41, 5.74) is 0. The second-order valence-electron chi connectivity index (χ2n) is 2.92. The molecule has 70 valence electrons. The molecule has 1 rings (SSSR count). The molecule has 2 unspecified atom stereocenters. The first kappa shape index (κ1) is 10.2. The number of rotatable bonds is 4. The third-order valence-electron chi connectivity index (χ3n) is 2.11. The molecule has 0 aliphatic carbocycles. The van der Waals surface area contributed by atoms with Crippen molar-refractivity contribution in [1.29, 1.82) is 0 Å². The van der Waals surface area contributed by atoms with Crippen LogP contribution < -0.4 is 0 Å². The van der Waals surface area contributed by atoms with E-state index in [9.17, 15) is 9.59 Å². The van der Waals surface area contributed by atoms with E-state index in [1.807, 2.05) is 11.8 Å². The predicted molar refractivity (Wildman–Crippen MR) is 50.3 cm³/mol.